The molecule has 5 nitrogen and oxygen atoms in total. The first-order valence-corrected chi connectivity index (χ1v) is 7.33. The van der Waals surface area contributed by atoms with Crippen LogP contribution in [-0.2, 0) is 0 Å². The molecule has 0 saturated carbocycles. The van der Waals surface area contributed by atoms with E-state index in [4.69, 9.17) is 4.42 Å². The van der Waals surface area contributed by atoms with Crippen molar-refractivity contribution in [1.29, 1.82) is 0 Å². The number of rotatable bonds is 5. The summed E-state index contributed by atoms with van der Waals surface area (Å²) in [5.41, 5.74) is 0.332. The van der Waals surface area contributed by atoms with Crippen LogP contribution in [0, 0.1) is 5.41 Å². The number of hydrogen-bond acceptors (Lipinski definition) is 5. The van der Waals surface area contributed by atoms with E-state index in [0.717, 1.165) is 26.1 Å². The van der Waals surface area contributed by atoms with Gasteiger partial charge in [0.25, 0.3) is 0 Å². The molecule has 0 aliphatic carbocycles. The van der Waals surface area contributed by atoms with Crippen molar-refractivity contribution < 1.29 is 4.42 Å². The van der Waals surface area contributed by atoms with Gasteiger partial charge in [0.05, 0.1) is 6.04 Å². The van der Waals surface area contributed by atoms with Gasteiger partial charge in [-0.2, -0.15) is 0 Å². The molecule has 0 spiro atoms. The zero-order chi connectivity index (χ0) is 13.9. The second-order valence-electron chi connectivity index (χ2n) is 6.29. The fraction of sp³-hybridized carbons (Fsp3) is 0.857. The minimum Gasteiger partial charge on any atom is -0.406 e. The van der Waals surface area contributed by atoms with Gasteiger partial charge in [0.2, 0.25) is 5.89 Å². The summed E-state index contributed by atoms with van der Waals surface area (Å²) in [6.45, 7) is 11.8. The predicted octanol–water partition coefficient (Wildman–Crippen LogP) is 2.76. The first-order chi connectivity index (χ1) is 9.02. The molecule has 2 rings (SSSR count). The third-order valence-electron chi connectivity index (χ3n) is 3.67. The van der Waals surface area contributed by atoms with E-state index in [0.29, 0.717) is 17.3 Å². The maximum atomic E-state index is 5.82. The van der Waals surface area contributed by atoms with Gasteiger partial charge in [0.1, 0.15) is 0 Å². The van der Waals surface area contributed by atoms with Gasteiger partial charge < -0.3 is 14.6 Å². The van der Waals surface area contributed by atoms with Crippen molar-refractivity contribution in [3.8, 4) is 0 Å². The third kappa shape index (κ3) is 3.69. The maximum absolute atomic E-state index is 5.82. The normalized spacial score (nSPS) is 20.5. The summed E-state index contributed by atoms with van der Waals surface area (Å²) in [5, 5.41) is 11.7. The lowest BCUT2D eigenvalue weighted by molar-refractivity contribution is 0.281. The molecule has 1 unspecified atom stereocenters. The van der Waals surface area contributed by atoms with Crippen LogP contribution in [0.1, 0.15) is 58.9 Å². The highest BCUT2D eigenvalue weighted by atomic mass is 16.4. The number of hydrogen-bond donors (Lipinski definition) is 1. The van der Waals surface area contributed by atoms with Crippen LogP contribution >= 0.6 is 0 Å². The summed E-state index contributed by atoms with van der Waals surface area (Å²) < 4.78 is 5.82. The highest BCUT2D eigenvalue weighted by Gasteiger charge is 2.29. The Labute approximate surface area is 115 Å². The average Bonchev–Trinajstić information content (AvgIpc) is 2.84. The van der Waals surface area contributed by atoms with Crippen LogP contribution in [0.5, 0.6) is 0 Å². The summed E-state index contributed by atoms with van der Waals surface area (Å²) in [6, 6.07) is 0.798. The lowest BCUT2D eigenvalue weighted by Crippen LogP contribution is -2.40. The van der Waals surface area contributed by atoms with Crippen molar-refractivity contribution in [3.63, 3.8) is 0 Å². The fourth-order valence-electron chi connectivity index (χ4n) is 2.56. The first kappa shape index (κ1) is 14.3. The predicted molar refractivity (Wildman–Crippen MR) is 76.2 cm³/mol. The van der Waals surface area contributed by atoms with E-state index in [9.17, 15) is 0 Å². The number of nitrogens with one attached hydrogen (secondary N) is 1. The Balaban J connectivity index is 2.00. The van der Waals surface area contributed by atoms with E-state index >= 15 is 0 Å². The molecule has 1 saturated heterocycles. The van der Waals surface area contributed by atoms with E-state index < -0.39 is 0 Å². The van der Waals surface area contributed by atoms with Gasteiger partial charge in [-0.15, -0.1) is 5.10 Å². The van der Waals surface area contributed by atoms with Gasteiger partial charge >= 0.3 is 6.01 Å². The molecule has 19 heavy (non-hydrogen) atoms. The number of piperidine rings is 1. The minimum atomic E-state index is 0.124. The lowest BCUT2D eigenvalue weighted by atomic mass is 9.84. The Hall–Kier alpha value is -1.10. The smallest absolute Gasteiger partial charge is 0.318 e. The van der Waals surface area contributed by atoms with Gasteiger partial charge in [-0.25, -0.2) is 0 Å². The number of anilines is 1. The van der Waals surface area contributed by atoms with Crippen LogP contribution in [0.3, 0.4) is 0 Å². The summed E-state index contributed by atoms with van der Waals surface area (Å²) >= 11 is 0. The Morgan fingerprint density at radius 3 is 2.89 bits per heavy atom. The van der Waals surface area contributed by atoms with Crippen molar-refractivity contribution in [2.45, 2.75) is 53.0 Å². The molecule has 108 valence electrons. The van der Waals surface area contributed by atoms with Crippen LogP contribution < -0.4 is 10.2 Å². The number of aromatic nitrogens is 2. The molecule has 0 radical (unpaired) electrons. The lowest BCUT2D eigenvalue weighted by Gasteiger charge is -2.36. The summed E-state index contributed by atoms with van der Waals surface area (Å²) in [7, 11) is 0. The van der Waals surface area contributed by atoms with Gasteiger partial charge in [0, 0.05) is 13.1 Å². The molecule has 0 aromatic carbocycles. The van der Waals surface area contributed by atoms with E-state index in [1.165, 1.54) is 12.8 Å². The average molecular weight is 266 g/mol. The second kappa shape index (κ2) is 5.90. The SMILES string of the molecule is CCCNC(C)c1nnc(N2CCCC(C)(C)C2)o1. The quantitative estimate of drug-likeness (QED) is 0.888. The summed E-state index contributed by atoms with van der Waals surface area (Å²) in [6.07, 6.45) is 3.55. The van der Waals surface area contributed by atoms with Crippen LogP contribution in [0.2, 0.25) is 0 Å². The monoisotopic (exact) mass is 266 g/mol. The van der Waals surface area contributed by atoms with Crippen molar-refractivity contribution in [1.82, 2.24) is 15.5 Å². The Kier molecular flexibility index (Phi) is 4.45. The number of nitrogens with zero attached hydrogens (tertiary/aromatic N) is 3. The van der Waals surface area contributed by atoms with Gasteiger partial charge in [-0.3, -0.25) is 0 Å². The molecular formula is C14H26N4O. The van der Waals surface area contributed by atoms with Crippen molar-refractivity contribution in [2.75, 3.05) is 24.5 Å². The van der Waals surface area contributed by atoms with Gasteiger partial charge in [0.15, 0.2) is 0 Å². The fourth-order valence-corrected chi connectivity index (χ4v) is 2.56. The zero-order valence-electron chi connectivity index (χ0n) is 12.6. The molecule has 0 amide bonds. The summed E-state index contributed by atoms with van der Waals surface area (Å²) in [4.78, 5) is 2.21. The van der Waals surface area contributed by atoms with E-state index in [1.54, 1.807) is 0 Å². The van der Waals surface area contributed by atoms with E-state index in [2.05, 4.69) is 48.1 Å². The van der Waals surface area contributed by atoms with Crippen LogP contribution in [0.4, 0.5) is 6.01 Å². The molecule has 5 heteroatoms. The van der Waals surface area contributed by atoms with Gasteiger partial charge in [-0.1, -0.05) is 25.9 Å². The van der Waals surface area contributed by atoms with Crippen molar-refractivity contribution in [2.24, 2.45) is 5.41 Å². The third-order valence-corrected chi connectivity index (χ3v) is 3.67. The topological polar surface area (TPSA) is 54.2 Å². The molecule has 2 heterocycles. The molecular weight excluding hydrogens is 240 g/mol. The van der Waals surface area contributed by atoms with Crippen LogP contribution in [0.15, 0.2) is 4.42 Å². The molecule has 1 fully saturated rings. The zero-order valence-corrected chi connectivity index (χ0v) is 12.6. The minimum absolute atomic E-state index is 0.124. The maximum Gasteiger partial charge on any atom is 0.318 e. The molecule has 1 atom stereocenters. The molecule has 0 bridgehead atoms. The molecule has 1 aromatic rings. The first-order valence-electron chi connectivity index (χ1n) is 7.33. The molecule has 1 aliphatic heterocycles. The molecule has 1 aromatic heterocycles. The Morgan fingerprint density at radius 2 is 2.21 bits per heavy atom. The van der Waals surface area contributed by atoms with Crippen LogP contribution in [-0.4, -0.2) is 29.8 Å². The molecule has 1 N–H and O–H groups in total. The van der Waals surface area contributed by atoms with E-state index in [-0.39, 0.29) is 6.04 Å². The van der Waals surface area contributed by atoms with Crippen LogP contribution in [0.25, 0.3) is 0 Å². The highest BCUT2D eigenvalue weighted by molar-refractivity contribution is 5.26. The van der Waals surface area contributed by atoms with E-state index in [1.807, 2.05) is 0 Å². The summed E-state index contributed by atoms with van der Waals surface area (Å²) in [5.74, 6) is 0.687. The van der Waals surface area contributed by atoms with Crippen molar-refractivity contribution >= 4 is 6.01 Å². The Bertz CT molecular complexity index is 402. The largest absolute Gasteiger partial charge is 0.406 e. The highest BCUT2D eigenvalue weighted by Crippen LogP contribution is 2.31. The van der Waals surface area contributed by atoms with Crippen molar-refractivity contribution in [3.05, 3.63) is 5.89 Å². The van der Waals surface area contributed by atoms with Gasteiger partial charge in [-0.05, 0) is 38.1 Å². The Morgan fingerprint density at radius 1 is 1.42 bits per heavy atom. The standard InChI is InChI=1S/C14H26N4O/c1-5-8-15-11(2)12-16-17-13(19-12)18-9-6-7-14(3,4)10-18/h11,15H,5-10H2,1-4H3. The second-order valence-corrected chi connectivity index (χ2v) is 6.29. The molecule has 1 aliphatic rings.